The Morgan fingerprint density at radius 1 is 1.19 bits per heavy atom. The van der Waals surface area contributed by atoms with E-state index in [2.05, 4.69) is 25.5 Å². The summed E-state index contributed by atoms with van der Waals surface area (Å²) in [6.45, 7) is 1.84. The number of piperidine rings is 1. The second-order valence-electron chi connectivity index (χ2n) is 9.25. The minimum absolute atomic E-state index is 0.101. The lowest BCUT2D eigenvalue weighted by atomic mass is 10.0. The third-order valence-electron chi connectivity index (χ3n) is 6.59. The zero-order chi connectivity index (χ0) is 25.9. The molecule has 0 unspecified atom stereocenters. The number of methoxy groups -OCH3 is 1. The predicted molar refractivity (Wildman–Crippen MR) is 128 cm³/mol. The van der Waals surface area contributed by atoms with Crippen molar-refractivity contribution in [3.63, 3.8) is 0 Å². The van der Waals surface area contributed by atoms with E-state index in [0.717, 1.165) is 32.4 Å². The second kappa shape index (κ2) is 10.9. The Bertz CT molecular complexity index is 1080. The molecule has 4 rings (SSSR count). The van der Waals surface area contributed by atoms with Gasteiger partial charge in [-0.3, -0.25) is 4.79 Å². The summed E-state index contributed by atoms with van der Waals surface area (Å²) in [7, 11) is 3.48. The molecule has 2 aliphatic rings. The van der Waals surface area contributed by atoms with Gasteiger partial charge >= 0.3 is 6.18 Å². The lowest BCUT2D eigenvalue weighted by Crippen LogP contribution is -2.43. The fourth-order valence-electron chi connectivity index (χ4n) is 4.43. The number of amides is 1. The molecule has 1 aromatic heterocycles. The van der Waals surface area contributed by atoms with Gasteiger partial charge in [0.25, 0.3) is 5.91 Å². The molecule has 2 heterocycles. The summed E-state index contributed by atoms with van der Waals surface area (Å²) >= 11 is 0. The lowest BCUT2D eigenvalue weighted by molar-refractivity contribution is -0.140. The van der Waals surface area contributed by atoms with Crippen LogP contribution in [0.15, 0.2) is 24.4 Å². The Morgan fingerprint density at radius 2 is 1.94 bits per heavy atom. The number of alkyl halides is 3. The van der Waals surface area contributed by atoms with E-state index < -0.39 is 23.7 Å². The number of carbonyl (C=O) groups excluding carboxylic acids is 1. The zero-order valence-electron chi connectivity index (χ0n) is 20.3. The molecule has 1 saturated heterocycles. The monoisotopic (exact) mass is 508 g/mol. The number of aromatic nitrogens is 2. The van der Waals surface area contributed by atoms with Gasteiger partial charge in [-0.05, 0) is 70.4 Å². The Morgan fingerprint density at radius 3 is 2.58 bits per heavy atom. The molecule has 1 aliphatic heterocycles. The average Bonchev–Trinajstić information content (AvgIpc) is 3.24. The number of benzene rings is 1. The molecule has 1 saturated carbocycles. The topological polar surface area (TPSA) is 115 Å². The van der Waals surface area contributed by atoms with Crippen LogP contribution in [0.5, 0.6) is 11.6 Å². The molecule has 0 spiro atoms. The first-order chi connectivity index (χ1) is 17.1. The van der Waals surface area contributed by atoms with Crippen molar-refractivity contribution in [2.24, 2.45) is 5.73 Å². The van der Waals surface area contributed by atoms with Gasteiger partial charge in [-0.15, -0.1) is 0 Å². The number of ether oxygens (including phenoxy) is 2. The Hall–Kier alpha value is -3.12. The quantitative estimate of drug-likeness (QED) is 0.522. The fraction of sp³-hybridized carbons (Fsp3) is 0.542. The molecule has 2 fully saturated rings. The number of nitrogens with two attached hydrogens (primary N) is 1. The average molecular weight is 509 g/mol. The maximum atomic E-state index is 13.5. The number of carbonyl (C=O) groups is 1. The maximum absolute atomic E-state index is 13.5. The first-order valence-electron chi connectivity index (χ1n) is 11.9. The number of hydrogen-bond acceptors (Lipinski definition) is 8. The molecule has 1 amide bonds. The van der Waals surface area contributed by atoms with Crippen LogP contribution in [0, 0.1) is 0 Å². The Kier molecular flexibility index (Phi) is 7.84. The van der Waals surface area contributed by atoms with Crippen molar-refractivity contribution < 1.29 is 27.4 Å². The molecule has 2 aromatic rings. The van der Waals surface area contributed by atoms with Crippen molar-refractivity contribution in [1.82, 2.24) is 20.2 Å². The van der Waals surface area contributed by atoms with E-state index in [1.54, 1.807) is 18.2 Å². The van der Waals surface area contributed by atoms with E-state index in [-0.39, 0.29) is 23.9 Å². The number of hydrogen-bond donors (Lipinski definition) is 3. The zero-order valence-corrected chi connectivity index (χ0v) is 20.3. The minimum atomic E-state index is -4.68. The van der Waals surface area contributed by atoms with Crippen LogP contribution in [-0.2, 0) is 6.18 Å². The van der Waals surface area contributed by atoms with E-state index >= 15 is 0 Å². The number of rotatable bonds is 7. The van der Waals surface area contributed by atoms with Gasteiger partial charge in [0.2, 0.25) is 11.8 Å². The largest absolute Gasteiger partial charge is 0.495 e. The van der Waals surface area contributed by atoms with Crippen LogP contribution in [0.1, 0.15) is 48.0 Å². The second-order valence-corrected chi connectivity index (χ2v) is 9.25. The molecule has 9 nitrogen and oxygen atoms in total. The maximum Gasteiger partial charge on any atom is 0.423 e. The normalized spacial score (nSPS) is 21.3. The third kappa shape index (κ3) is 6.16. The Labute approximate surface area is 207 Å². The first kappa shape index (κ1) is 26.0. The van der Waals surface area contributed by atoms with Gasteiger partial charge in [-0.25, -0.2) is 4.98 Å². The van der Waals surface area contributed by atoms with Crippen molar-refractivity contribution in [1.29, 1.82) is 0 Å². The number of anilines is 2. The summed E-state index contributed by atoms with van der Waals surface area (Å²) in [6.07, 6.45) is -0.792. The van der Waals surface area contributed by atoms with E-state index in [9.17, 15) is 18.0 Å². The molecule has 2 atom stereocenters. The van der Waals surface area contributed by atoms with Crippen molar-refractivity contribution in [2.75, 3.05) is 32.6 Å². The van der Waals surface area contributed by atoms with E-state index in [4.69, 9.17) is 15.2 Å². The van der Waals surface area contributed by atoms with Gasteiger partial charge < -0.3 is 30.7 Å². The van der Waals surface area contributed by atoms with E-state index in [1.165, 1.54) is 7.11 Å². The van der Waals surface area contributed by atoms with Crippen molar-refractivity contribution >= 4 is 17.5 Å². The van der Waals surface area contributed by atoms with Crippen molar-refractivity contribution in [3.8, 4) is 11.6 Å². The van der Waals surface area contributed by atoms with Crippen LogP contribution in [0.25, 0.3) is 0 Å². The predicted octanol–water partition coefficient (Wildman–Crippen LogP) is 3.33. The lowest BCUT2D eigenvalue weighted by Gasteiger charge is -2.29. The molecule has 196 valence electrons. The summed E-state index contributed by atoms with van der Waals surface area (Å²) in [5.74, 6) is -0.583. The minimum Gasteiger partial charge on any atom is -0.495 e. The molecule has 1 aromatic carbocycles. The highest BCUT2D eigenvalue weighted by Crippen LogP contribution is 2.37. The van der Waals surface area contributed by atoms with Crippen LogP contribution in [-0.4, -0.2) is 66.2 Å². The highest BCUT2D eigenvalue weighted by Gasteiger charge is 2.38. The summed E-state index contributed by atoms with van der Waals surface area (Å²) in [5, 5.41) is 5.91. The molecule has 0 bridgehead atoms. The molecular formula is C24H31F3N6O3. The number of likely N-dealkylation sites (tertiary alicyclic amines) is 1. The molecular weight excluding hydrogens is 477 g/mol. The SMILES string of the molecule is COc1cc(C(=O)NC2CCN(C)CC2)ccc1Nc1ncc(C(F)(F)F)c(O[C@@H]2CCC[C@H]2N)n1. The first-order valence-corrected chi connectivity index (χ1v) is 11.9. The van der Waals surface area contributed by atoms with Crippen LogP contribution in [0.4, 0.5) is 24.8 Å². The van der Waals surface area contributed by atoms with Crippen LogP contribution in [0.2, 0.25) is 0 Å². The molecule has 36 heavy (non-hydrogen) atoms. The third-order valence-corrected chi connectivity index (χ3v) is 6.59. The van der Waals surface area contributed by atoms with Crippen molar-refractivity contribution in [2.45, 2.75) is 56.5 Å². The van der Waals surface area contributed by atoms with Gasteiger partial charge in [-0.1, -0.05) is 0 Å². The Balaban J connectivity index is 1.51. The van der Waals surface area contributed by atoms with Crippen LogP contribution < -0.4 is 25.8 Å². The van der Waals surface area contributed by atoms with Gasteiger partial charge in [0.1, 0.15) is 17.4 Å². The highest BCUT2D eigenvalue weighted by molar-refractivity contribution is 5.95. The smallest absolute Gasteiger partial charge is 0.423 e. The number of halogens is 3. The van der Waals surface area contributed by atoms with Crippen LogP contribution >= 0.6 is 0 Å². The molecule has 0 radical (unpaired) electrons. The highest BCUT2D eigenvalue weighted by atomic mass is 19.4. The summed E-state index contributed by atoms with van der Waals surface area (Å²) < 4.78 is 51.6. The molecule has 1 aliphatic carbocycles. The summed E-state index contributed by atoms with van der Waals surface area (Å²) in [5.41, 5.74) is 5.70. The number of nitrogens with one attached hydrogen (secondary N) is 2. The molecule has 12 heteroatoms. The van der Waals surface area contributed by atoms with Gasteiger partial charge in [-0.2, -0.15) is 18.2 Å². The van der Waals surface area contributed by atoms with Gasteiger partial charge in [0, 0.05) is 23.8 Å². The van der Waals surface area contributed by atoms with Gasteiger partial charge in [0.05, 0.1) is 12.8 Å². The number of nitrogens with zero attached hydrogens (tertiary/aromatic N) is 3. The van der Waals surface area contributed by atoms with Crippen molar-refractivity contribution in [3.05, 3.63) is 35.5 Å². The van der Waals surface area contributed by atoms with Crippen LogP contribution in [0.3, 0.4) is 0 Å². The summed E-state index contributed by atoms with van der Waals surface area (Å²) in [6, 6.07) is 4.51. The molecule has 4 N–H and O–H groups in total. The van der Waals surface area contributed by atoms with Gasteiger partial charge in [0.15, 0.2) is 0 Å². The summed E-state index contributed by atoms with van der Waals surface area (Å²) in [4.78, 5) is 22.8. The van der Waals surface area contributed by atoms with E-state index in [0.29, 0.717) is 36.0 Å². The fourth-order valence-corrected chi connectivity index (χ4v) is 4.43. The van der Waals surface area contributed by atoms with E-state index in [1.807, 2.05) is 7.05 Å². The standard InChI is InChI=1S/C24H31F3N6O3/c1-33-10-8-15(9-11-33)30-21(34)14-6-7-18(20(12-14)35-2)31-23-29-13-16(24(25,26)27)22(32-23)36-19-5-3-4-17(19)28/h6-7,12-13,15,17,19H,3-5,8-11,28H2,1-2H3,(H,30,34)(H,29,31,32)/t17-,19-/m1/s1.